The lowest BCUT2D eigenvalue weighted by Gasteiger charge is -2.17. The summed E-state index contributed by atoms with van der Waals surface area (Å²) in [5.41, 5.74) is 0. The highest BCUT2D eigenvalue weighted by atomic mass is 35.5. The van der Waals surface area contributed by atoms with Crippen molar-refractivity contribution in [1.82, 2.24) is 9.55 Å². The van der Waals surface area contributed by atoms with Crippen LogP contribution in [0.25, 0.3) is 0 Å². The van der Waals surface area contributed by atoms with Crippen LogP contribution >= 0.6 is 23.4 Å². The van der Waals surface area contributed by atoms with Crippen molar-refractivity contribution in [1.29, 1.82) is 0 Å². The second-order valence-electron chi connectivity index (χ2n) is 4.18. The van der Waals surface area contributed by atoms with E-state index in [-0.39, 0.29) is 0 Å². The number of nitrogens with zero attached hydrogens (tertiary/aromatic N) is 2. The van der Waals surface area contributed by atoms with Gasteiger partial charge in [-0.3, -0.25) is 0 Å². The molecule has 96 valence electrons. The van der Waals surface area contributed by atoms with Gasteiger partial charge in [-0.05, 0) is 30.7 Å². The summed E-state index contributed by atoms with van der Waals surface area (Å²) < 4.78 is 2.18. The predicted octanol–water partition coefficient (Wildman–Crippen LogP) is 5.02. The molecular formula is C14H17ClN2S. The van der Waals surface area contributed by atoms with E-state index in [9.17, 15) is 0 Å². The zero-order chi connectivity index (χ0) is 12.8. The van der Waals surface area contributed by atoms with Crippen LogP contribution in [0.2, 0.25) is 5.02 Å². The van der Waals surface area contributed by atoms with Gasteiger partial charge in [-0.1, -0.05) is 31.4 Å². The molecule has 1 aromatic carbocycles. The normalized spacial score (nSPS) is 12.6. The second kappa shape index (κ2) is 6.86. The molecule has 0 bridgehead atoms. The number of imidazole rings is 1. The molecule has 1 unspecified atom stereocenters. The van der Waals surface area contributed by atoms with Crippen LogP contribution in [0.15, 0.2) is 47.9 Å². The van der Waals surface area contributed by atoms with Crippen LogP contribution in [0.4, 0.5) is 0 Å². The van der Waals surface area contributed by atoms with E-state index in [0.717, 1.165) is 11.4 Å². The molecule has 2 rings (SSSR count). The molecule has 0 aliphatic heterocycles. The first kappa shape index (κ1) is 13.5. The Hall–Kier alpha value is -0.930. The van der Waals surface area contributed by atoms with E-state index in [1.54, 1.807) is 0 Å². The summed E-state index contributed by atoms with van der Waals surface area (Å²) in [5.74, 6) is 0. The Morgan fingerprint density at radius 3 is 2.72 bits per heavy atom. The molecule has 0 radical (unpaired) electrons. The molecule has 1 atom stereocenters. The van der Waals surface area contributed by atoms with Crippen LogP contribution in [-0.2, 0) is 0 Å². The van der Waals surface area contributed by atoms with Gasteiger partial charge in [0.1, 0.15) is 0 Å². The Labute approximate surface area is 117 Å². The molecule has 18 heavy (non-hydrogen) atoms. The van der Waals surface area contributed by atoms with Crippen molar-refractivity contribution in [2.24, 2.45) is 0 Å². The van der Waals surface area contributed by atoms with Crippen LogP contribution in [-0.4, -0.2) is 9.55 Å². The third-order valence-corrected chi connectivity index (χ3v) is 4.30. The molecule has 0 aliphatic carbocycles. The zero-order valence-electron chi connectivity index (χ0n) is 10.4. The predicted molar refractivity (Wildman–Crippen MR) is 78.1 cm³/mol. The molecule has 0 saturated carbocycles. The summed E-state index contributed by atoms with van der Waals surface area (Å²) in [6, 6.07) is 8.02. The Bertz CT molecular complexity index is 453. The summed E-state index contributed by atoms with van der Waals surface area (Å²) in [7, 11) is 0. The highest BCUT2D eigenvalue weighted by Gasteiger charge is 2.11. The SMILES string of the molecule is CCCCC(Sc1ccc(Cl)cc1)n1ccnc1. The number of rotatable bonds is 6. The molecule has 0 N–H and O–H groups in total. The lowest BCUT2D eigenvalue weighted by molar-refractivity contribution is 0.586. The summed E-state index contributed by atoms with van der Waals surface area (Å²) in [6.45, 7) is 2.22. The zero-order valence-corrected chi connectivity index (χ0v) is 12.0. The summed E-state index contributed by atoms with van der Waals surface area (Å²) in [5, 5.41) is 1.20. The minimum atomic E-state index is 0.411. The van der Waals surface area contributed by atoms with Gasteiger partial charge in [0.25, 0.3) is 0 Å². The first-order chi connectivity index (χ1) is 8.79. The highest BCUT2D eigenvalue weighted by molar-refractivity contribution is 7.99. The van der Waals surface area contributed by atoms with E-state index in [0.29, 0.717) is 5.37 Å². The van der Waals surface area contributed by atoms with Crippen molar-refractivity contribution < 1.29 is 0 Å². The first-order valence-corrected chi connectivity index (χ1v) is 7.45. The largest absolute Gasteiger partial charge is 0.325 e. The van der Waals surface area contributed by atoms with Crippen LogP contribution in [0.3, 0.4) is 0 Å². The van der Waals surface area contributed by atoms with Gasteiger partial charge in [-0.25, -0.2) is 4.98 Å². The maximum Gasteiger partial charge on any atom is 0.0955 e. The van der Waals surface area contributed by atoms with Crippen LogP contribution in [0, 0.1) is 0 Å². The molecule has 0 spiro atoms. The summed E-state index contributed by atoms with van der Waals surface area (Å²) >= 11 is 7.77. The molecule has 0 fully saturated rings. The van der Waals surface area contributed by atoms with E-state index >= 15 is 0 Å². The Balaban J connectivity index is 2.07. The average molecular weight is 281 g/mol. The fourth-order valence-electron chi connectivity index (χ4n) is 1.76. The van der Waals surface area contributed by atoms with E-state index in [1.165, 1.54) is 17.7 Å². The van der Waals surface area contributed by atoms with E-state index < -0.39 is 0 Å². The standard InChI is InChI=1S/C14H17ClN2S/c1-2-3-4-14(17-10-9-16-11-17)18-13-7-5-12(15)6-8-13/h5-11,14H,2-4H2,1H3. The fourth-order valence-corrected chi connectivity index (χ4v) is 3.02. The van der Waals surface area contributed by atoms with Gasteiger partial charge in [0, 0.05) is 22.3 Å². The van der Waals surface area contributed by atoms with Gasteiger partial charge < -0.3 is 4.57 Å². The minimum Gasteiger partial charge on any atom is -0.325 e. The minimum absolute atomic E-state index is 0.411. The van der Waals surface area contributed by atoms with Crippen LogP contribution in [0.5, 0.6) is 0 Å². The van der Waals surface area contributed by atoms with Crippen molar-refractivity contribution in [3.8, 4) is 0 Å². The van der Waals surface area contributed by atoms with Gasteiger partial charge in [0.2, 0.25) is 0 Å². The Morgan fingerprint density at radius 2 is 2.11 bits per heavy atom. The number of thioether (sulfide) groups is 1. The topological polar surface area (TPSA) is 17.8 Å². The Morgan fingerprint density at radius 1 is 1.33 bits per heavy atom. The third kappa shape index (κ3) is 3.79. The monoisotopic (exact) mass is 280 g/mol. The molecule has 0 saturated heterocycles. The number of hydrogen-bond donors (Lipinski definition) is 0. The number of benzene rings is 1. The lowest BCUT2D eigenvalue weighted by Crippen LogP contribution is -2.02. The summed E-state index contributed by atoms with van der Waals surface area (Å²) in [4.78, 5) is 5.38. The summed E-state index contributed by atoms with van der Waals surface area (Å²) in [6.07, 6.45) is 9.35. The molecule has 0 amide bonds. The number of unbranched alkanes of at least 4 members (excludes halogenated alkanes) is 1. The molecule has 2 nitrogen and oxygen atoms in total. The van der Waals surface area contributed by atoms with Crippen molar-refractivity contribution in [3.05, 3.63) is 48.0 Å². The Kier molecular flexibility index (Phi) is 5.14. The molecule has 1 aromatic heterocycles. The van der Waals surface area contributed by atoms with E-state index in [4.69, 9.17) is 11.6 Å². The third-order valence-electron chi connectivity index (χ3n) is 2.75. The van der Waals surface area contributed by atoms with Gasteiger partial charge in [0.05, 0.1) is 11.7 Å². The van der Waals surface area contributed by atoms with E-state index in [2.05, 4.69) is 28.6 Å². The van der Waals surface area contributed by atoms with E-state index in [1.807, 2.05) is 42.6 Å². The molecule has 4 heteroatoms. The molecular weight excluding hydrogens is 264 g/mol. The van der Waals surface area contributed by atoms with Gasteiger partial charge in [0.15, 0.2) is 0 Å². The van der Waals surface area contributed by atoms with Crippen molar-refractivity contribution in [3.63, 3.8) is 0 Å². The van der Waals surface area contributed by atoms with Crippen molar-refractivity contribution in [2.45, 2.75) is 36.5 Å². The second-order valence-corrected chi connectivity index (χ2v) is 5.87. The lowest BCUT2D eigenvalue weighted by atomic mass is 10.2. The molecule has 2 aromatic rings. The quantitative estimate of drug-likeness (QED) is 0.692. The average Bonchev–Trinajstić information content (AvgIpc) is 2.90. The van der Waals surface area contributed by atoms with Crippen LogP contribution < -0.4 is 0 Å². The van der Waals surface area contributed by atoms with Crippen molar-refractivity contribution in [2.75, 3.05) is 0 Å². The van der Waals surface area contributed by atoms with Crippen LogP contribution in [0.1, 0.15) is 31.6 Å². The highest BCUT2D eigenvalue weighted by Crippen LogP contribution is 2.35. The number of aromatic nitrogens is 2. The molecule has 1 heterocycles. The van der Waals surface area contributed by atoms with Gasteiger partial charge in [-0.2, -0.15) is 0 Å². The maximum atomic E-state index is 5.91. The van der Waals surface area contributed by atoms with Crippen molar-refractivity contribution >= 4 is 23.4 Å². The smallest absolute Gasteiger partial charge is 0.0955 e. The fraction of sp³-hybridized carbons (Fsp3) is 0.357. The number of hydrogen-bond acceptors (Lipinski definition) is 2. The van der Waals surface area contributed by atoms with Gasteiger partial charge in [-0.15, -0.1) is 11.8 Å². The first-order valence-electron chi connectivity index (χ1n) is 6.19. The number of halogens is 1. The van der Waals surface area contributed by atoms with Gasteiger partial charge >= 0.3 is 0 Å². The molecule has 0 aliphatic rings. The maximum absolute atomic E-state index is 5.91.